The Labute approximate surface area is 121 Å². The number of hydrogen-bond donors (Lipinski definition) is 0. The van der Waals surface area contributed by atoms with E-state index in [1.807, 2.05) is 54.6 Å². The zero-order valence-corrected chi connectivity index (χ0v) is 11.9. The van der Waals surface area contributed by atoms with Gasteiger partial charge in [-0.25, -0.2) is 4.98 Å². The Kier molecular flexibility index (Phi) is 3.52. The summed E-state index contributed by atoms with van der Waals surface area (Å²) in [6.07, 6.45) is 0. The number of para-hydroxylation sites is 1. The van der Waals surface area contributed by atoms with Crippen LogP contribution < -0.4 is 0 Å². The van der Waals surface area contributed by atoms with Crippen molar-refractivity contribution in [2.45, 2.75) is 16.8 Å². The Morgan fingerprint density at radius 1 is 0.950 bits per heavy atom. The standard InChI is InChI=1S/C17H13NOS/c1-12(19)14-7-3-5-9-16(14)20-17-11-10-13-6-2-4-8-15(13)18-17/h2-11H,1H3. The SMILES string of the molecule is CC(=O)c1ccccc1Sc1ccc2ccccc2n1. The van der Waals surface area contributed by atoms with E-state index in [0.29, 0.717) is 0 Å². The summed E-state index contributed by atoms with van der Waals surface area (Å²) < 4.78 is 0. The van der Waals surface area contributed by atoms with Gasteiger partial charge in [0.2, 0.25) is 0 Å². The molecule has 1 heterocycles. The van der Waals surface area contributed by atoms with Gasteiger partial charge in [0.25, 0.3) is 0 Å². The second kappa shape index (κ2) is 5.47. The molecule has 0 unspecified atom stereocenters. The highest BCUT2D eigenvalue weighted by Gasteiger charge is 2.08. The van der Waals surface area contributed by atoms with Crippen LogP contribution in [0.1, 0.15) is 17.3 Å². The first-order valence-electron chi connectivity index (χ1n) is 6.37. The van der Waals surface area contributed by atoms with Crippen molar-refractivity contribution in [2.24, 2.45) is 0 Å². The second-order valence-corrected chi connectivity index (χ2v) is 5.56. The summed E-state index contributed by atoms with van der Waals surface area (Å²) in [5.41, 5.74) is 1.71. The fourth-order valence-electron chi connectivity index (χ4n) is 2.06. The van der Waals surface area contributed by atoms with E-state index in [0.717, 1.165) is 26.4 Å². The van der Waals surface area contributed by atoms with Gasteiger partial charge in [0.1, 0.15) is 5.03 Å². The summed E-state index contributed by atoms with van der Waals surface area (Å²) in [7, 11) is 0. The zero-order valence-electron chi connectivity index (χ0n) is 11.0. The highest BCUT2D eigenvalue weighted by atomic mass is 32.2. The molecule has 0 radical (unpaired) electrons. The summed E-state index contributed by atoms with van der Waals surface area (Å²) in [4.78, 5) is 17.2. The van der Waals surface area contributed by atoms with Crippen molar-refractivity contribution in [1.29, 1.82) is 0 Å². The fraction of sp³-hybridized carbons (Fsp3) is 0.0588. The predicted molar refractivity (Wildman–Crippen MR) is 82.3 cm³/mol. The molecule has 0 N–H and O–H groups in total. The molecule has 0 aliphatic rings. The van der Waals surface area contributed by atoms with Crippen molar-refractivity contribution in [2.75, 3.05) is 0 Å². The molecule has 0 bridgehead atoms. The Morgan fingerprint density at radius 3 is 2.55 bits per heavy atom. The topological polar surface area (TPSA) is 30.0 Å². The van der Waals surface area contributed by atoms with Crippen molar-refractivity contribution in [3.8, 4) is 0 Å². The number of Topliss-reactive ketones (excluding diaryl/α,β-unsaturated/α-hetero) is 1. The summed E-state index contributed by atoms with van der Waals surface area (Å²) in [5.74, 6) is 0.0777. The van der Waals surface area contributed by atoms with Crippen LogP contribution >= 0.6 is 11.8 Å². The molecule has 0 aliphatic carbocycles. The maximum absolute atomic E-state index is 11.6. The number of carbonyl (C=O) groups excluding carboxylic acids is 1. The normalized spacial score (nSPS) is 10.7. The van der Waals surface area contributed by atoms with Gasteiger partial charge >= 0.3 is 0 Å². The fourth-order valence-corrected chi connectivity index (χ4v) is 3.04. The molecular weight excluding hydrogens is 266 g/mol. The summed E-state index contributed by atoms with van der Waals surface area (Å²) in [5, 5.41) is 2.02. The van der Waals surface area contributed by atoms with Crippen LogP contribution in [0.15, 0.2) is 70.6 Å². The number of benzene rings is 2. The molecule has 3 heteroatoms. The molecule has 0 atom stereocenters. The lowest BCUT2D eigenvalue weighted by atomic mass is 10.1. The van der Waals surface area contributed by atoms with Gasteiger partial charge in [0, 0.05) is 15.8 Å². The number of ketones is 1. The number of aromatic nitrogens is 1. The van der Waals surface area contributed by atoms with E-state index in [1.54, 1.807) is 6.92 Å². The minimum Gasteiger partial charge on any atom is -0.294 e. The van der Waals surface area contributed by atoms with Gasteiger partial charge in [-0.3, -0.25) is 4.79 Å². The molecule has 0 aliphatic heterocycles. The van der Waals surface area contributed by atoms with Gasteiger partial charge < -0.3 is 0 Å². The van der Waals surface area contributed by atoms with Gasteiger partial charge in [-0.05, 0) is 25.1 Å². The third-order valence-corrected chi connectivity index (χ3v) is 4.07. The lowest BCUT2D eigenvalue weighted by Crippen LogP contribution is -1.94. The van der Waals surface area contributed by atoms with Crippen LogP contribution in [0.3, 0.4) is 0 Å². The van der Waals surface area contributed by atoms with Crippen LogP contribution in [0.25, 0.3) is 10.9 Å². The van der Waals surface area contributed by atoms with Crippen molar-refractivity contribution in [3.63, 3.8) is 0 Å². The number of hydrogen-bond acceptors (Lipinski definition) is 3. The second-order valence-electron chi connectivity index (χ2n) is 4.50. The lowest BCUT2D eigenvalue weighted by molar-refractivity contribution is 0.101. The van der Waals surface area contributed by atoms with Crippen molar-refractivity contribution >= 4 is 28.4 Å². The Balaban J connectivity index is 1.99. The number of carbonyl (C=O) groups is 1. The summed E-state index contributed by atoms with van der Waals surface area (Å²) >= 11 is 1.53. The zero-order chi connectivity index (χ0) is 13.9. The van der Waals surface area contributed by atoms with Crippen LogP contribution in [0.4, 0.5) is 0 Å². The molecule has 3 rings (SSSR count). The minimum atomic E-state index is 0.0777. The van der Waals surface area contributed by atoms with E-state index in [4.69, 9.17) is 0 Å². The first kappa shape index (κ1) is 12.9. The van der Waals surface area contributed by atoms with Crippen LogP contribution in [0.5, 0.6) is 0 Å². The van der Waals surface area contributed by atoms with Crippen molar-refractivity contribution in [3.05, 3.63) is 66.2 Å². The average molecular weight is 279 g/mol. The highest BCUT2D eigenvalue weighted by molar-refractivity contribution is 7.99. The maximum atomic E-state index is 11.6. The molecule has 20 heavy (non-hydrogen) atoms. The van der Waals surface area contributed by atoms with E-state index in [9.17, 15) is 4.79 Å². The molecule has 2 nitrogen and oxygen atoms in total. The van der Waals surface area contributed by atoms with E-state index < -0.39 is 0 Å². The molecule has 0 saturated carbocycles. The van der Waals surface area contributed by atoms with E-state index >= 15 is 0 Å². The predicted octanol–water partition coefficient (Wildman–Crippen LogP) is 4.59. The molecule has 0 spiro atoms. The summed E-state index contributed by atoms with van der Waals surface area (Å²) in [6, 6.07) is 19.7. The Bertz CT molecular complexity index is 783. The quantitative estimate of drug-likeness (QED) is 0.657. The molecule has 1 aromatic heterocycles. The van der Waals surface area contributed by atoms with Gasteiger partial charge in [-0.2, -0.15) is 0 Å². The third kappa shape index (κ3) is 2.58. The van der Waals surface area contributed by atoms with Crippen LogP contribution in [0.2, 0.25) is 0 Å². The minimum absolute atomic E-state index is 0.0777. The van der Waals surface area contributed by atoms with Gasteiger partial charge in [-0.15, -0.1) is 0 Å². The van der Waals surface area contributed by atoms with Gasteiger partial charge in [0.05, 0.1) is 5.52 Å². The molecule has 0 saturated heterocycles. The van der Waals surface area contributed by atoms with Crippen LogP contribution in [-0.4, -0.2) is 10.8 Å². The number of fused-ring (bicyclic) bond motifs is 1. The largest absolute Gasteiger partial charge is 0.294 e. The lowest BCUT2D eigenvalue weighted by Gasteiger charge is -2.06. The van der Waals surface area contributed by atoms with E-state index in [-0.39, 0.29) is 5.78 Å². The van der Waals surface area contributed by atoms with Crippen molar-refractivity contribution < 1.29 is 4.79 Å². The Morgan fingerprint density at radius 2 is 1.70 bits per heavy atom. The molecule has 3 aromatic rings. The van der Waals surface area contributed by atoms with Crippen LogP contribution in [-0.2, 0) is 0 Å². The monoisotopic (exact) mass is 279 g/mol. The highest BCUT2D eigenvalue weighted by Crippen LogP contribution is 2.30. The number of nitrogens with zero attached hydrogens (tertiary/aromatic N) is 1. The first-order chi connectivity index (χ1) is 9.74. The van der Waals surface area contributed by atoms with E-state index in [2.05, 4.69) is 11.1 Å². The Hall–Kier alpha value is -2.13. The molecule has 0 amide bonds. The summed E-state index contributed by atoms with van der Waals surface area (Å²) in [6.45, 7) is 1.59. The third-order valence-electron chi connectivity index (χ3n) is 3.05. The number of pyridine rings is 1. The molecule has 98 valence electrons. The first-order valence-corrected chi connectivity index (χ1v) is 7.19. The van der Waals surface area contributed by atoms with Crippen molar-refractivity contribution in [1.82, 2.24) is 4.98 Å². The van der Waals surface area contributed by atoms with Gasteiger partial charge in [-0.1, -0.05) is 54.2 Å². The average Bonchev–Trinajstić information content (AvgIpc) is 2.47. The number of rotatable bonds is 3. The maximum Gasteiger partial charge on any atom is 0.160 e. The van der Waals surface area contributed by atoms with Crippen LogP contribution in [0, 0.1) is 0 Å². The van der Waals surface area contributed by atoms with E-state index in [1.165, 1.54) is 11.8 Å². The molecular formula is C17H13NOS. The van der Waals surface area contributed by atoms with Gasteiger partial charge in [0.15, 0.2) is 5.78 Å². The molecule has 0 fully saturated rings. The smallest absolute Gasteiger partial charge is 0.160 e. The molecule has 2 aromatic carbocycles.